The van der Waals surface area contributed by atoms with E-state index in [-0.39, 0.29) is 16.4 Å². The van der Waals surface area contributed by atoms with Crippen LogP contribution in [0, 0.1) is 0 Å². The summed E-state index contributed by atoms with van der Waals surface area (Å²) in [7, 11) is 0. The number of hydrogen-bond donors (Lipinski definition) is 5. The van der Waals surface area contributed by atoms with Gasteiger partial charge >= 0.3 is 6.80 Å². The first-order valence-electron chi connectivity index (χ1n) is 6.78. The fraction of sp³-hybridized carbons (Fsp3) is 0.200. The number of aromatic hydroxyl groups is 2. The van der Waals surface area contributed by atoms with E-state index >= 15 is 0 Å². The van der Waals surface area contributed by atoms with Crippen molar-refractivity contribution in [1.29, 1.82) is 0 Å². The highest BCUT2D eigenvalue weighted by molar-refractivity contribution is 8.54. The van der Waals surface area contributed by atoms with Gasteiger partial charge in [-0.2, -0.15) is 0 Å². The third-order valence-corrected chi connectivity index (χ3v) is 5.28. The molecule has 0 spiro atoms. The van der Waals surface area contributed by atoms with Gasteiger partial charge in [-0.15, -0.1) is 0 Å². The lowest BCUT2D eigenvalue weighted by Crippen LogP contribution is -2.01. The Hall–Kier alpha value is -1.50. The number of phenolic OH excluding ortho intramolecular Hbond substituents is 2. The van der Waals surface area contributed by atoms with Crippen molar-refractivity contribution in [3.05, 3.63) is 53.6 Å². The molecule has 0 radical (unpaired) electrons. The summed E-state index contributed by atoms with van der Waals surface area (Å²) >= 11 is 0.301. The van der Waals surface area contributed by atoms with Gasteiger partial charge in [0.05, 0.1) is 6.10 Å². The number of rotatable bonds is 6. The smallest absolute Gasteiger partial charge is 0.388 e. The first kappa shape index (κ1) is 17.8. The third kappa shape index (κ3) is 5.57. The molecule has 0 bridgehead atoms. The molecule has 124 valence electrons. The van der Waals surface area contributed by atoms with Gasteiger partial charge in [0.2, 0.25) is 0 Å². The summed E-state index contributed by atoms with van der Waals surface area (Å²) in [6.45, 7) is -4.40. The Morgan fingerprint density at radius 1 is 1.04 bits per heavy atom. The molecule has 8 heteroatoms. The standard InChI is InChI=1S/C15H17O6PS/c16-11-3-1-2-10(8-11)4-7-14(18)13-6-5-12(17)9-15(13)23-22(19,20)21/h1-3,5-6,8-9,14,16-18H,4,7H2,(H2,19,20,21). The van der Waals surface area contributed by atoms with Crippen LogP contribution in [-0.4, -0.2) is 25.1 Å². The number of hydrogen-bond acceptors (Lipinski definition) is 5. The van der Waals surface area contributed by atoms with Crippen LogP contribution in [0.15, 0.2) is 47.4 Å². The maximum absolute atomic E-state index is 11.2. The van der Waals surface area contributed by atoms with E-state index in [0.717, 1.165) is 5.56 Å². The molecule has 0 aliphatic rings. The Morgan fingerprint density at radius 3 is 2.39 bits per heavy atom. The van der Waals surface area contributed by atoms with Crippen LogP contribution in [0.4, 0.5) is 0 Å². The van der Waals surface area contributed by atoms with E-state index in [2.05, 4.69) is 0 Å². The number of benzene rings is 2. The second-order valence-electron chi connectivity index (χ2n) is 5.03. The molecular formula is C15H17O6PS. The summed E-state index contributed by atoms with van der Waals surface area (Å²) in [5, 5.41) is 29.2. The molecule has 0 aliphatic carbocycles. The molecule has 6 nitrogen and oxygen atoms in total. The average Bonchev–Trinajstić information content (AvgIpc) is 2.43. The topological polar surface area (TPSA) is 118 Å². The number of aliphatic hydroxyl groups excluding tert-OH is 1. The van der Waals surface area contributed by atoms with Crippen LogP contribution < -0.4 is 0 Å². The van der Waals surface area contributed by atoms with Crippen LogP contribution >= 0.6 is 18.2 Å². The van der Waals surface area contributed by atoms with Crippen LogP contribution in [0.2, 0.25) is 0 Å². The number of phenols is 2. The highest BCUT2D eigenvalue weighted by Crippen LogP contribution is 2.56. The molecule has 2 aromatic carbocycles. The van der Waals surface area contributed by atoms with Crippen molar-refractivity contribution in [2.75, 3.05) is 0 Å². The minimum absolute atomic E-state index is 0.134. The Morgan fingerprint density at radius 2 is 1.74 bits per heavy atom. The van der Waals surface area contributed by atoms with Gasteiger partial charge < -0.3 is 25.1 Å². The van der Waals surface area contributed by atoms with Gasteiger partial charge in [-0.3, -0.25) is 0 Å². The van der Waals surface area contributed by atoms with Crippen LogP contribution in [0.5, 0.6) is 11.5 Å². The molecule has 2 rings (SSSR count). The molecule has 0 fully saturated rings. The van der Waals surface area contributed by atoms with Crippen molar-refractivity contribution in [3.8, 4) is 11.5 Å². The molecule has 0 aromatic heterocycles. The fourth-order valence-corrected chi connectivity index (χ4v) is 4.16. The van der Waals surface area contributed by atoms with Gasteiger partial charge in [-0.25, -0.2) is 4.57 Å². The Labute approximate surface area is 137 Å². The highest BCUT2D eigenvalue weighted by atomic mass is 32.7. The van der Waals surface area contributed by atoms with E-state index in [0.29, 0.717) is 29.8 Å². The lowest BCUT2D eigenvalue weighted by molar-refractivity contribution is 0.165. The zero-order chi connectivity index (χ0) is 17.0. The Balaban J connectivity index is 2.15. The van der Waals surface area contributed by atoms with E-state index in [4.69, 9.17) is 9.79 Å². The zero-order valence-electron chi connectivity index (χ0n) is 12.0. The molecule has 0 heterocycles. The maximum Gasteiger partial charge on any atom is 0.388 e. The molecule has 0 saturated heterocycles. The largest absolute Gasteiger partial charge is 0.508 e. The van der Waals surface area contributed by atoms with Gasteiger partial charge in [0.25, 0.3) is 0 Å². The van der Waals surface area contributed by atoms with Crippen LogP contribution in [0.25, 0.3) is 0 Å². The zero-order valence-corrected chi connectivity index (χ0v) is 13.7. The van der Waals surface area contributed by atoms with Crippen molar-refractivity contribution in [3.63, 3.8) is 0 Å². The highest BCUT2D eigenvalue weighted by Gasteiger charge is 2.21. The summed E-state index contributed by atoms with van der Waals surface area (Å²) in [5.74, 6) is 0.00393. The van der Waals surface area contributed by atoms with Crippen molar-refractivity contribution >= 4 is 18.2 Å². The van der Waals surface area contributed by atoms with E-state index in [1.807, 2.05) is 6.07 Å². The molecule has 5 N–H and O–H groups in total. The SMILES string of the molecule is O=P(O)(O)Sc1cc(O)ccc1C(O)CCc1cccc(O)c1. The Bertz CT molecular complexity index is 730. The fourth-order valence-electron chi connectivity index (χ4n) is 2.18. The molecule has 0 saturated carbocycles. The van der Waals surface area contributed by atoms with E-state index in [9.17, 15) is 19.9 Å². The van der Waals surface area contributed by atoms with E-state index in [1.54, 1.807) is 18.2 Å². The third-order valence-electron chi connectivity index (χ3n) is 3.19. The van der Waals surface area contributed by atoms with Gasteiger partial charge in [-0.1, -0.05) is 18.2 Å². The normalized spacial score (nSPS) is 13.0. The average molecular weight is 356 g/mol. The summed E-state index contributed by atoms with van der Waals surface area (Å²) < 4.78 is 11.2. The van der Waals surface area contributed by atoms with Crippen molar-refractivity contribution < 1.29 is 29.7 Å². The number of aryl methyl sites for hydroxylation is 1. The van der Waals surface area contributed by atoms with Gasteiger partial charge in [0.15, 0.2) is 0 Å². The van der Waals surface area contributed by atoms with Gasteiger partial charge in [-0.05, 0) is 59.6 Å². The predicted octanol–water partition coefficient (Wildman–Crippen LogP) is 2.95. The van der Waals surface area contributed by atoms with Crippen molar-refractivity contribution in [2.45, 2.75) is 23.8 Å². The molecule has 1 atom stereocenters. The van der Waals surface area contributed by atoms with Crippen LogP contribution in [0.1, 0.15) is 23.7 Å². The van der Waals surface area contributed by atoms with E-state index in [1.165, 1.54) is 18.2 Å². The summed E-state index contributed by atoms with van der Waals surface area (Å²) in [4.78, 5) is 18.3. The first-order chi connectivity index (χ1) is 10.7. The number of aliphatic hydroxyl groups is 1. The summed E-state index contributed by atoms with van der Waals surface area (Å²) in [6, 6.07) is 10.7. The van der Waals surface area contributed by atoms with Gasteiger partial charge in [0, 0.05) is 4.90 Å². The molecular weight excluding hydrogens is 339 g/mol. The predicted molar refractivity (Wildman–Crippen MR) is 87.4 cm³/mol. The monoisotopic (exact) mass is 356 g/mol. The van der Waals surface area contributed by atoms with Crippen LogP contribution in [0.3, 0.4) is 0 Å². The molecule has 23 heavy (non-hydrogen) atoms. The minimum atomic E-state index is -4.40. The second kappa shape index (κ2) is 7.38. The minimum Gasteiger partial charge on any atom is -0.508 e. The molecule has 1 unspecified atom stereocenters. The van der Waals surface area contributed by atoms with E-state index < -0.39 is 12.9 Å². The quantitative estimate of drug-likeness (QED) is 0.505. The molecule has 0 aliphatic heterocycles. The maximum atomic E-state index is 11.2. The van der Waals surface area contributed by atoms with Crippen LogP contribution in [-0.2, 0) is 11.0 Å². The first-order valence-corrected chi connectivity index (χ1v) is 9.82. The molecule has 0 amide bonds. The lowest BCUT2D eigenvalue weighted by atomic mass is 10.0. The summed E-state index contributed by atoms with van der Waals surface area (Å²) in [5.41, 5.74) is 1.18. The lowest BCUT2D eigenvalue weighted by Gasteiger charge is -2.16. The second-order valence-corrected chi connectivity index (χ2v) is 8.61. The van der Waals surface area contributed by atoms with Crippen molar-refractivity contribution in [1.82, 2.24) is 0 Å². The summed E-state index contributed by atoms with van der Waals surface area (Å²) in [6.07, 6.45) is -0.161. The molecule has 2 aromatic rings. The Kier molecular flexibility index (Phi) is 5.73. The van der Waals surface area contributed by atoms with Gasteiger partial charge in [0.1, 0.15) is 11.5 Å². The van der Waals surface area contributed by atoms with Crippen molar-refractivity contribution in [2.24, 2.45) is 0 Å².